The van der Waals surface area contributed by atoms with Crippen LogP contribution in [0.25, 0.3) is 0 Å². The Morgan fingerprint density at radius 3 is 2.72 bits per heavy atom. The second-order valence-electron chi connectivity index (χ2n) is 3.34. The molecule has 0 unspecified atom stereocenters. The molecule has 2 amide bonds. The molecule has 4 N–H and O–H groups in total. The second kappa shape index (κ2) is 6.55. The average Bonchev–Trinajstić information content (AvgIpc) is 2.38. The Morgan fingerprint density at radius 1 is 1.39 bits per heavy atom. The Balaban J connectivity index is 2.72. The van der Waals surface area contributed by atoms with E-state index < -0.39 is 17.6 Å². The molecule has 1 aromatic carbocycles. The third-order valence-corrected chi connectivity index (χ3v) is 2.06. The Kier molecular flexibility index (Phi) is 5.06. The number of hydrogen-bond acceptors (Lipinski definition) is 4. The summed E-state index contributed by atoms with van der Waals surface area (Å²) in [5, 5.41) is 4.42. The second-order valence-corrected chi connectivity index (χ2v) is 3.34. The van der Waals surface area contributed by atoms with Crippen molar-refractivity contribution in [3.63, 3.8) is 0 Å². The predicted octanol–water partition coefficient (Wildman–Crippen LogP) is -0.152. The highest BCUT2D eigenvalue weighted by Gasteiger charge is 2.15. The Bertz CT molecular complexity index is 451. The number of anilines is 1. The van der Waals surface area contributed by atoms with Crippen LogP contribution in [0.4, 0.5) is 10.1 Å². The molecular weight excluding hydrogens is 241 g/mol. The molecule has 6 nitrogen and oxygen atoms in total. The number of methoxy groups -OCH3 is 1. The summed E-state index contributed by atoms with van der Waals surface area (Å²) in [6.45, 7) is 0.388. The summed E-state index contributed by atoms with van der Waals surface area (Å²) >= 11 is 0. The fourth-order valence-corrected chi connectivity index (χ4v) is 1.17. The monoisotopic (exact) mass is 255 g/mol. The molecule has 0 aliphatic rings. The van der Waals surface area contributed by atoms with Crippen molar-refractivity contribution in [3.8, 4) is 5.75 Å². The summed E-state index contributed by atoms with van der Waals surface area (Å²) in [6, 6.07) is 3.81. The molecule has 0 saturated heterocycles. The van der Waals surface area contributed by atoms with E-state index in [-0.39, 0.29) is 18.8 Å². The van der Waals surface area contributed by atoms with Crippen LogP contribution in [0.1, 0.15) is 0 Å². The number of benzene rings is 1. The summed E-state index contributed by atoms with van der Waals surface area (Å²) in [7, 11) is 1.41. The minimum absolute atomic E-state index is 0.123. The van der Waals surface area contributed by atoms with Crippen LogP contribution in [0.15, 0.2) is 18.2 Å². The van der Waals surface area contributed by atoms with Crippen LogP contribution in [-0.4, -0.2) is 32.0 Å². The molecule has 0 fully saturated rings. The standard InChI is InChI=1S/C11H14FN3O3/c1-18-7-2-3-8(12)9(6-7)15-11(17)10(16)14-5-4-13/h2-3,6H,4-5,13H2,1H3,(H,14,16)(H,15,17). The van der Waals surface area contributed by atoms with Gasteiger partial charge < -0.3 is 21.1 Å². The highest BCUT2D eigenvalue weighted by molar-refractivity contribution is 6.39. The topological polar surface area (TPSA) is 93.4 Å². The molecule has 0 aliphatic carbocycles. The third kappa shape index (κ3) is 3.70. The van der Waals surface area contributed by atoms with Crippen LogP contribution in [0.5, 0.6) is 5.75 Å². The molecule has 7 heteroatoms. The Morgan fingerprint density at radius 2 is 2.11 bits per heavy atom. The molecule has 0 heterocycles. The van der Waals surface area contributed by atoms with Crippen molar-refractivity contribution in [2.75, 3.05) is 25.5 Å². The molecule has 0 saturated carbocycles. The van der Waals surface area contributed by atoms with Gasteiger partial charge in [-0.2, -0.15) is 0 Å². The van der Waals surface area contributed by atoms with Crippen LogP contribution >= 0.6 is 0 Å². The van der Waals surface area contributed by atoms with Crippen LogP contribution in [0.3, 0.4) is 0 Å². The Hall–Kier alpha value is -2.15. The van der Waals surface area contributed by atoms with Crippen molar-refractivity contribution in [3.05, 3.63) is 24.0 Å². The van der Waals surface area contributed by atoms with Gasteiger partial charge in [0.2, 0.25) is 0 Å². The van der Waals surface area contributed by atoms with E-state index in [4.69, 9.17) is 10.5 Å². The van der Waals surface area contributed by atoms with Crippen molar-refractivity contribution >= 4 is 17.5 Å². The molecule has 0 atom stereocenters. The summed E-state index contributed by atoms with van der Waals surface area (Å²) in [4.78, 5) is 22.6. The fraction of sp³-hybridized carbons (Fsp3) is 0.273. The van der Waals surface area contributed by atoms with Gasteiger partial charge in [-0.25, -0.2) is 4.39 Å². The van der Waals surface area contributed by atoms with Gasteiger partial charge in [0.15, 0.2) is 0 Å². The van der Waals surface area contributed by atoms with Crippen molar-refractivity contribution in [1.29, 1.82) is 0 Å². The maximum Gasteiger partial charge on any atom is 0.313 e. The van der Waals surface area contributed by atoms with Crippen LogP contribution in [0, 0.1) is 5.82 Å². The van der Waals surface area contributed by atoms with Gasteiger partial charge in [0, 0.05) is 19.2 Å². The number of ether oxygens (including phenoxy) is 1. The zero-order valence-corrected chi connectivity index (χ0v) is 9.83. The van der Waals surface area contributed by atoms with E-state index in [1.54, 1.807) is 0 Å². The van der Waals surface area contributed by atoms with E-state index in [1.165, 1.54) is 19.2 Å². The predicted molar refractivity (Wildman–Crippen MR) is 63.6 cm³/mol. The number of carbonyl (C=O) groups is 2. The third-order valence-electron chi connectivity index (χ3n) is 2.06. The first kappa shape index (κ1) is 13.9. The van der Waals surface area contributed by atoms with E-state index in [0.29, 0.717) is 5.75 Å². The van der Waals surface area contributed by atoms with E-state index in [1.807, 2.05) is 0 Å². The zero-order chi connectivity index (χ0) is 13.5. The molecule has 1 rings (SSSR count). The molecular formula is C11H14FN3O3. The van der Waals surface area contributed by atoms with Gasteiger partial charge in [-0.15, -0.1) is 0 Å². The lowest BCUT2D eigenvalue weighted by atomic mass is 10.3. The maximum absolute atomic E-state index is 13.4. The first-order valence-corrected chi connectivity index (χ1v) is 5.21. The van der Waals surface area contributed by atoms with Crippen LogP contribution in [-0.2, 0) is 9.59 Å². The van der Waals surface area contributed by atoms with E-state index >= 15 is 0 Å². The molecule has 0 spiro atoms. The lowest BCUT2D eigenvalue weighted by Crippen LogP contribution is -2.38. The van der Waals surface area contributed by atoms with Crippen molar-refractivity contribution in [2.24, 2.45) is 5.73 Å². The lowest BCUT2D eigenvalue weighted by Gasteiger charge is -2.08. The number of rotatable bonds is 4. The Labute approximate surface area is 103 Å². The van der Waals surface area contributed by atoms with Crippen molar-refractivity contribution in [2.45, 2.75) is 0 Å². The number of nitrogens with one attached hydrogen (secondary N) is 2. The molecule has 0 aromatic heterocycles. The van der Waals surface area contributed by atoms with Gasteiger partial charge in [0.1, 0.15) is 11.6 Å². The lowest BCUT2D eigenvalue weighted by molar-refractivity contribution is -0.136. The first-order chi connectivity index (χ1) is 8.58. The number of hydrogen-bond donors (Lipinski definition) is 3. The largest absolute Gasteiger partial charge is 0.497 e. The summed E-state index contributed by atoms with van der Waals surface area (Å²) < 4.78 is 18.2. The molecule has 98 valence electrons. The summed E-state index contributed by atoms with van der Waals surface area (Å²) in [6.07, 6.45) is 0. The minimum atomic E-state index is -0.962. The highest BCUT2D eigenvalue weighted by Crippen LogP contribution is 2.20. The fourth-order valence-electron chi connectivity index (χ4n) is 1.17. The first-order valence-electron chi connectivity index (χ1n) is 5.21. The van der Waals surface area contributed by atoms with Gasteiger partial charge in [0.05, 0.1) is 12.8 Å². The molecule has 0 bridgehead atoms. The number of halogens is 1. The van der Waals surface area contributed by atoms with Crippen molar-refractivity contribution in [1.82, 2.24) is 5.32 Å². The van der Waals surface area contributed by atoms with Gasteiger partial charge in [-0.3, -0.25) is 9.59 Å². The maximum atomic E-state index is 13.4. The van der Waals surface area contributed by atoms with Crippen LogP contribution in [0.2, 0.25) is 0 Å². The van der Waals surface area contributed by atoms with Crippen molar-refractivity contribution < 1.29 is 18.7 Å². The van der Waals surface area contributed by atoms with E-state index in [0.717, 1.165) is 6.07 Å². The summed E-state index contributed by atoms with van der Waals surface area (Å²) in [5.41, 5.74) is 5.05. The molecule has 1 aromatic rings. The SMILES string of the molecule is COc1ccc(F)c(NC(=O)C(=O)NCCN)c1. The molecule has 18 heavy (non-hydrogen) atoms. The van der Waals surface area contributed by atoms with E-state index in [9.17, 15) is 14.0 Å². The van der Waals surface area contributed by atoms with E-state index in [2.05, 4.69) is 10.6 Å². The van der Waals surface area contributed by atoms with Crippen LogP contribution < -0.4 is 21.1 Å². The molecule has 0 radical (unpaired) electrons. The van der Waals surface area contributed by atoms with Gasteiger partial charge in [-0.05, 0) is 12.1 Å². The quantitative estimate of drug-likeness (QED) is 0.652. The zero-order valence-electron chi connectivity index (χ0n) is 9.83. The number of nitrogens with two attached hydrogens (primary N) is 1. The number of carbonyl (C=O) groups excluding carboxylic acids is 2. The number of amides is 2. The average molecular weight is 255 g/mol. The molecule has 0 aliphatic heterocycles. The van der Waals surface area contributed by atoms with Gasteiger partial charge >= 0.3 is 11.8 Å². The van der Waals surface area contributed by atoms with Gasteiger partial charge in [0.25, 0.3) is 0 Å². The smallest absolute Gasteiger partial charge is 0.313 e. The normalized spacial score (nSPS) is 9.72. The highest BCUT2D eigenvalue weighted by atomic mass is 19.1. The van der Waals surface area contributed by atoms with Gasteiger partial charge in [-0.1, -0.05) is 0 Å². The summed E-state index contributed by atoms with van der Waals surface area (Å²) in [5.74, 6) is -2.12. The minimum Gasteiger partial charge on any atom is -0.497 e.